The molecule has 0 radical (unpaired) electrons. The molecule has 2 aliphatic heterocycles. The summed E-state index contributed by atoms with van der Waals surface area (Å²) in [5.41, 5.74) is 11.9. The predicted octanol–water partition coefficient (Wildman–Crippen LogP) is 4.58. The Morgan fingerprint density at radius 2 is 2.05 bits per heavy atom. The Balaban J connectivity index is 1.65. The highest BCUT2D eigenvalue weighted by molar-refractivity contribution is 7.81. The lowest BCUT2D eigenvalue weighted by Gasteiger charge is -2.33. The van der Waals surface area contributed by atoms with E-state index in [1.807, 2.05) is 25.3 Å². The highest BCUT2D eigenvalue weighted by Gasteiger charge is 2.41. The van der Waals surface area contributed by atoms with Crippen LogP contribution in [0.25, 0.3) is 0 Å². The fourth-order valence-corrected chi connectivity index (χ4v) is 5.77. The van der Waals surface area contributed by atoms with Crippen molar-refractivity contribution in [2.75, 3.05) is 38.3 Å². The van der Waals surface area contributed by atoms with Crippen LogP contribution in [0, 0.1) is 17.8 Å². The molecule has 1 amide bonds. The normalized spacial score (nSPS) is 21.8. The first-order valence-corrected chi connectivity index (χ1v) is 15.7. The van der Waals surface area contributed by atoms with Gasteiger partial charge in [-0.1, -0.05) is 46.3 Å². The molecule has 1 saturated heterocycles. The SMILES string of the molecule is CCC(C)C(COC(N)=CC=Nc1ccc(C(N)=O)c(N2CC(OCCNC3=CC=CC(S)N3C)CC2(C)C)n1)C(C)C. The van der Waals surface area contributed by atoms with Crippen LogP contribution in [0.4, 0.5) is 11.6 Å². The van der Waals surface area contributed by atoms with Gasteiger partial charge in [0, 0.05) is 38.0 Å². The number of thiol groups is 1. The number of nitrogens with two attached hydrogens (primary N) is 2. The Morgan fingerprint density at radius 1 is 1.30 bits per heavy atom. The lowest BCUT2D eigenvalue weighted by Crippen LogP contribution is -2.40. The lowest BCUT2D eigenvalue weighted by molar-refractivity contribution is 0.0655. The van der Waals surface area contributed by atoms with Crippen molar-refractivity contribution in [1.82, 2.24) is 15.2 Å². The van der Waals surface area contributed by atoms with Crippen LogP contribution in [0.2, 0.25) is 0 Å². The van der Waals surface area contributed by atoms with E-state index in [0.717, 1.165) is 18.7 Å². The highest BCUT2D eigenvalue weighted by Crippen LogP contribution is 2.36. The third-order valence-corrected chi connectivity index (χ3v) is 8.94. The van der Waals surface area contributed by atoms with Gasteiger partial charge in [0.15, 0.2) is 11.7 Å². The lowest BCUT2D eigenvalue weighted by atomic mass is 9.84. The molecule has 0 saturated carbocycles. The summed E-state index contributed by atoms with van der Waals surface area (Å²) in [6, 6.07) is 3.35. The van der Waals surface area contributed by atoms with Gasteiger partial charge >= 0.3 is 0 Å². The van der Waals surface area contributed by atoms with Crippen LogP contribution in [-0.4, -0.2) is 72.4 Å². The zero-order valence-electron chi connectivity index (χ0n) is 26.8. The number of aromatic nitrogens is 1. The van der Waals surface area contributed by atoms with Crippen molar-refractivity contribution >= 4 is 36.4 Å². The molecule has 238 valence electrons. The fourth-order valence-electron chi connectivity index (χ4n) is 5.54. The van der Waals surface area contributed by atoms with E-state index in [4.69, 9.17) is 25.9 Å². The van der Waals surface area contributed by atoms with E-state index in [2.05, 4.69) is 74.3 Å². The first-order chi connectivity index (χ1) is 20.3. The number of pyridine rings is 1. The van der Waals surface area contributed by atoms with Crippen LogP contribution in [0.5, 0.6) is 0 Å². The van der Waals surface area contributed by atoms with Crippen LogP contribution in [-0.2, 0) is 9.47 Å². The second-order valence-electron chi connectivity index (χ2n) is 12.4. The number of amides is 1. The molecular weight excluding hydrogens is 562 g/mol. The van der Waals surface area contributed by atoms with Gasteiger partial charge in [0.2, 0.25) is 0 Å². The smallest absolute Gasteiger partial charge is 0.252 e. The maximum Gasteiger partial charge on any atom is 0.252 e. The van der Waals surface area contributed by atoms with Gasteiger partial charge in [-0.05, 0) is 56.2 Å². The number of carbonyl (C=O) groups is 1. The standard InChI is InChI=1S/C32H51N7O3S/c1-8-22(4)25(21(2)3)20-42-26(33)14-15-35-27-13-12-24(30(34)40)31(37-27)39-19-23(18-32(39,5)6)41-17-16-36-28-10-9-11-29(43)38(28)7/h9-15,21-23,25,29,36,43H,8,16-20,33H2,1-7H3,(H2,34,40). The summed E-state index contributed by atoms with van der Waals surface area (Å²) in [6.45, 7) is 15.4. The van der Waals surface area contributed by atoms with E-state index in [1.165, 1.54) is 0 Å². The molecule has 1 aromatic heterocycles. The zero-order valence-corrected chi connectivity index (χ0v) is 27.7. The summed E-state index contributed by atoms with van der Waals surface area (Å²) in [5, 5.41) is 3.45. The van der Waals surface area contributed by atoms with Crippen LogP contribution in [0.1, 0.15) is 64.7 Å². The molecule has 10 nitrogen and oxygen atoms in total. The third-order valence-electron chi connectivity index (χ3n) is 8.42. The molecule has 0 aliphatic carbocycles. The minimum Gasteiger partial charge on any atom is -0.479 e. The molecule has 0 bridgehead atoms. The second kappa shape index (κ2) is 15.5. The Kier molecular flexibility index (Phi) is 12.4. The number of allylic oxidation sites excluding steroid dienone is 3. The largest absolute Gasteiger partial charge is 0.479 e. The molecular formula is C32H51N7O3S. The van der Waals surface area contributed by atoms with Crippen molar-refractivity contribution in [2.45, 2.75) is 71.4 Å². The predicted molar refractivity (Wildman–Crippen MR) is 178 cm³/mol. The van der Waals surface area contributed by atoms with Gasteiger partial charge in [0.05, 0.1) is 30.3 Å². The summed E-state index contributed by atoms with van der Waals surface area (Å²) >= 11 is 4.54. The zero-order chi connectivity index (χ0) is 31.7. The molecule has 43 heavy (non-hydrogen) atoms. The molecule has 11 heteroatoms. The maximum absolute atomic E-state index is 12.4. The van der Waals surface area contributed by atoms with Crippen molar-refractivity contribution in [3.05, 3.63) is 53.7 Å². The summed E-state index contributed by atoms with van der Waals surface area (Å²) < 4.78 is 12.1. The van der Waals surface area contributed by atoms with Gasteiger partial charge in [-0.3, -0.25) is 4.79 Å². The topological polar surface area (TPSA) is 131 Å². The molecule has 1 aromatic rings. The average molecular weight is 614 g/mol. The number of nitrogens with zero attached hydrogens (tertiary/aromatic N) is 4. The first kappa shape index (κ1) is 34.3. The molecule has 3 heterocycles. The summed E-state index contributed by atoms with van der Waals surface area (Å²) in [6.07, 6.45) is 11.1. The monoisotopic (exact) mass is 613 g/mol. The Bertz CT molecular complexity index is 1210. The number of hydrogen-bond donors (Lipinski definition) is 4. The molecule has 2 aliphatic rings. The van der Waals surface area contributed by atoms with E-state index < -0.39 is 5.91 Å². The second-order valence-corrected chi connectivity index (χ2v) is 12.9. The molecule has 3 rings (SSSR count). The fraction of sp³-hybridized carbons (Fsp3) is 0.594. The Hall–Kier alpha value is -3.18. The van der Waals surface area contributed by atoms with Crippen LogP contribution in [0.15, 0.2) is 53.1 Å². The maximum atomic E-state index is 12.4. The van der Waals surface area contributed by atoms with Gasteiger partial charge in [0.1, 0.15) is 11.6 Å². The minimum absolute atomic E-state index is 0.0351. The van der Waals surface area contributed by atoms with E-state index in [-0.39, 0.29) is 17.0 Å². The van der Waals surface area contributed by atoms with Crippen molar-refractivity contribution in [1.29, 1.82) is 0 Å². The number of aliphatic imine (C=N–C) groups is 1. The van der Waals surface area contributed by atoms with E-state index in [1.54, 1.807) is 24.4 Å². The molecule has 4 atom stereocenters. The van der Waals surface area contributed by atoms with E-state index in [9.17, 15) is 4.79 Å². The molecule has 0 spiro atoms. The molecule has 5 N–H and O–H groups in total. The van der Waals surface area contributed by atoms with Gasteiger partial charge in [0.25, 0.3) is 5.91 Å². The van der Waals surface area contributed by atoms with Crippen molar-refractivity contribution < 1.29 is 14.3 Å². The van der Waals surface area contributed by atoms with Crippen molar-refractivity contribution in [3.63, 3.8) is 0 Å². The summed E-state index contributed by atoms with van der Waals surface area (Å²) in [4.78, 5) is 25.7. The number of ether oxygens (including phenoxy) is 2. The quantitative estimate of drug-likeness (QED) is 0.0979. The average Bonchev–Trinajstić information content (AvgIpc) is 3.26. The summed E-state index contributed by atoms with van der Waals surface area (Å²) in [7, 11) is 2.00. The van der Waals surface area contributed by atoms with Crippen LogP contribution < -0.4 is 21.7 Å². The third kappa shape index (κ3) is 9.40. The van der Waals surface area contributed by atoms with E-state index >= 15 is 0 Å². The number of nitrogens with one attached hydrogen (secondary N) is 1. The highest BCUT2D eigenvalue weighted by atomic mass is 32.1. The van der Waals surface area contributed by atoms with Crippen LogP contribution >= 0.6 is 12.6 Å². The van der Waals surface area contributed by atoms with Gasteiger partial charge in [-0.2, -0.15) is 12.6 Å². The van der Waals surface area contributed by atoms with Crippen LogP contribution in [0.3, 0.4) is 0 Å². The number of carbonyl (C=O) groups excluding carboxylic acids is 1. The molecule has 1 fully saturated rings. The summed E-state index contributed by atoms with van der Waals surface area (Å²) in [5.74, 6) is 3.16. The number of likely N-dealkylation sites (N-methyl/N-ethyl adjacent to an activating group) is 1. The molecule has 4 unspecified atom stereocenters. The number of anilines is 1. The number of primary amides is 1. The van der Waals surface area contributed by atoms with Crippen molar-refractivity contribution in [2.24, 2.45) is 34.2 Å². The molecule has 0 aromatic carbocycles. The number of rotatable bonds is 15. The van der Waals surface area contributed by atoms with Gasteiger partial charge in [-0.25, -0.2) is 9.98 Å². The van der Waals surface area contributed by atoms with E-state index in [0.29, 0.717) is 67.1 Å². The minimum atomic E-state index is -0.539. The number of hydrogen-bond acceptors (Lipinski definition) is 10. The Labute approximate surface area is 263 Å². The first-order valence-electron chi connectivity index (χ1n) is 15.2. The Morgan fingerprint density at radius 3 is 2.72 bits per heavy atom. The van der Waals surface area contributed by atoms with Crippen molar-refractivity contribution in [3.8, 4) is 0 Å². The van der Waals surface area contributed by atoms with Gasteiger partial charge in [-0.15, -0.1) is 0 Å². The van der Waals surface area contributed by atoms with Gasteiger partial charge < -0.3 is 36.1 Å².